The lowest BCUT2D eigenvalue weighted by Crippen LogP contribution is -2.48. The molecular weight excluding hydrogens is 383 g/mol. The SMILES string of the molecule is CC1CNCCC1NC(=O)c1cncc(-c2ccc(N(C)C)cc2)c1.Cl.Cl. The van der Waals surface area contributed by atoms with Crippen molar-refractivity contribution in [2.75, 3.05) is 32.1 Å². The van der Waals surface area contributed by atoms with Crippen LogP contribution in [0, 0.1) is 5.92 Å². The number of hydrogen-bond donors (Lipinski definition) is 2. The average molecular weight is 411 g/mol. The van der Waals surface area contributed by atoms with Gasteiger partial charge in [0.1, 0.15) is 0 Å². The molecule has 0 radical (unpaired) electrons. The second kappa shape index (κ2) is 10.5. The fraction of sp³-hybridized carbons (Fsp3) is 0.400. The highest BCUT2D eigenvalue weighted by atomic mass is 35.5. The van der Waals surface area contributed by atoms with E-state index >= 15 is 0 Å². The van der Waals surface area contributed by atoms with Crippen molar-refractivity contribution in [1.29, 1.82) is 0 Å². The molecule has 27 heavy (non-hydrogen) atoms. The van der Waals surface area contributed by atoms with Crippen molar-refractivity contribution in [1.82, 2.24) is 15.6 Å². The summed E-state index contributed by atoms with van der Waals surface area (Å²) in [5, 5.41) is 6.52. The van der Waals surface area contributed by atoms with Gasteiger partial charge < -0.3 is 15.5 Å². The van der Waals surface area contributed by atoms with Crippen molar-refractivity contribution in [3.63, 3.8) is 0 Å². The van der Waals surface area contributed by atoms with Gasteiger partial charge in [-0.3, -0.25) is 9.78 Å². The minimum atomic E-state index is -0.0435. The summed E-state index contributed by atoms with van der Waals surface area (Å²) in [5.74, 6) is 0.394. The van der Waals surface area contributed by atoms with Crippen LogP contribution in [-0.4, -0.2) is 44.1 Å². The van der Waals surface area contributed by atoms with Crippen LogP contribution in [0.4, 0.5) is 5.69 Å². The predicted octanol–water partition coefficient (Wildman–Crippen LogP) is 3.39. The van der Waals surface area contributed by atoms with E-state index in [1.165, 1.54) is 0 Å². The van der Waals surface area contributed by atoms with Crippen LogP contribution in [0.25, 0.3) is 11.1 Å². The molecule has 2 aromatic rings. The van der Waals surface area contributed by atoms with Gasteiger partial charge in [0, 0.05) is 43.8 Å². The molecule has 0 spiro atoms. The van der Waals surface area contributed by atoms with E-state index in [0.717, 1.165) is 36.3 Å². The van der Waals surface area contributed by atoms with Crippen LogP contribution in [0.15, 0.2) is 42.7 Å². The van der Waals surface area contributed by atoms with E-state index in [9.17, 15) is 4.79 Å². The van der Waals surface area contributed by atoms with E-state index in [0.29, 0.717) is 11.5 Å². The first kappa shape index (κ1) is 23.2. The van der Waals surface area contributed by atoms with Crippen LogP contribution in [0.2, 0.25) is 0 Å². The lowest BCUT2D eigenvalue weighted by Gasteiger charge is -2.30. The average Bonchev–Trinajstić information content (AvgIpc) is 2.64. The van der Waals surface area contributed by atoms with Crippen molar-refractivity contribution < 1.29 is 4.79 Å². The Morgan fingerprint density at radius 1 is 1.15 bits per heavy atom. The van der Waals surface area contributed by atoms with Gasteiger partial charge in [0.2, 0.25) is 0 Å². The summed E-state index contributed by atoms with van der Waals surface area (Å²) >= 11 is 0. The number of halogens is 2. The molecule has 0 saturated carbocycles. The van der Waals surface area contributed by atoms with Gasteiger partial charge >= 0.3 is 0 Å². The molecule has 1 aliphatic rings. The number of carbonyl (C=O) groups excluding carboxylic acids is 1. The number of carbonyl (C=O) groups is 1. The van der Waals surface area contributed by atoms with Crippen LogP contribution >= 0.6 is 24.8 Å². The second-order valence-electron chi connectivity index (χ2n) is 6.95. The Balaban J connectivity index is 0.00000182. The Labute approximate surface area is 173 Å². The summed E-state index contributed by atoms with van der Waals surface area (Å²) < 4.78 is 0. The van der Waals surface area contributed by atoms with Gasteiger partial charge in [-0.15, -0.1) is 24.8 Å². The molecule has 5 nitrogen and oxygen atoms in total. The van der Waals surface area contributed by atoms with Crippen LogP contribution in [0.1, 0.15) is 23.7 Å². The Morgan fingerprint density at radius 3 is 2.48 bits per heavy atom. The minimum Gasteiger partial charge on any atom is -0.378 e. The third-order valence-corrected chi connectivity index (χ3v) is 4.82. The first-order valence-corrected chi connectivity index (χ1v) is 8.79. The lowest BCUT2D eigenvalue weighted by molar-refractivity contribution is 0.0914. The monoisotopic (exact) mass is 410 g/mol. The molecule has 7 heteroatoms. The van der Waals surface area contributed by atoms with Crippen LogP contribution in [-0.2, 0) is 0 Å². The van der Waals surface area contributed by atoms with Gasteiger partial charge in [0.25, 0.3) is 5.91 Å². The normalized spacial score (nSPS) is 18.6. The van der Waals surface area contributed by atoms with Crippen molar-refractivity contribution in [3.05, 3.63) is 48.3 Å². The van der Waals surface area contributed by atoms with Gasteiger partial charge in [-0.1, -0.05) is 19.1 Å². The van der Waals surface area contributed by atoms with E-state index in [1.807, 2.05) is 20.2 Å². The topological polar surface area (TPSA) is 57.3 Å². The third kappa shape index (κ3) is 5.83. The molecule has 0 aliphatic carbocycles. The zero-order valence-electron chi connectivity index (χ0n) is 15.9. The predicted molar refractivity (Wildman–Crippen MR) is 116 cm³/mol. The van der Waals surface area contributed by atoms with Gasteiger partial charge in [-0.25, -0.2) is 0 Å². The van der Waals surface area contributed by atoms with Gasteiger partial charge in [-0.2, -0.15) is 0 Å². The molecule has 2 unspecified atom stereocenters. The number of nitrogens with one attached hydrogen (secondary N) is 2. The summed E-state index contributed by atoms with van der Waals surface area (Å²) in [4.78, 5) is 18.9. The summed E-state index contributed by atoms with van der Waals surface area (Å²) in [6, 6.07) is 10.4. The van der Waals surface area contributed by atoms with Crippen molar-refractivity contribution >= 4 is 36.4 Å². The summed E-state index contributed by atoms with van der Waals surface area (Å²) in [6.07, 6.45) is 4.40. The zero-order chi connectivity index (χ0) is 17.8. The van der Waals surface area contributed by atoms with Crippen molar-refractivity contribution in [2.24, 2.45) is 5.92 Å². The number of piperidine rings is 1. The minimum absolute atomic E-state index is 0. The Bertz CT molecular complexity index is 737. The molecular formula is C20H28Cl2N4O. The Morgan fingerprint density at radius 2 is 1.85 bits per heavy atom. The number of hydrogen-bond acceptors (Lipinski definition) is 4. The number of nitrogens with zero attached hydrogens (tertiary/aromatic N) is 2. The lowest BCUT2D eigenvalue weighted by atomic mass is 9.95. The fourth-order valence-electron chi connectivity index (χ4n) is 3.15. The van der Waals surface area contributed by atoms with Gasteiger partial charge in [0.15, 0.2) is 0 Å². The molecule has 0 bridgehead atoms. The molecule has 1 aliphatic heterocycles. The molecule has 2 N–H and O–H groups in total. The number of anilines is 1. The first-order valence-electron chi connectivity index (χ1n) is 8.79. The van der Waals surface area contributed by atoms with Crippen LogP contribution in [0.5, 0.6) is 0 Å². The molecule has 148 valence electrons. The Hall–Kier alpha value is -1.82. The highest BCUT2D eigenvalue weighted by Gasteiger charge is 2.23. The van der Waals surface area contributed by atoms with Gasteiger partial charge in [-0.05, 0) is 49.2 Å². The quantitative estimate of drug-likeness (QED) is 0.810. The fourth-order valence-corrected chi connectivity index (χ4v) is 3.15. The molecule has 1 amide bonds. The zero-order valence-corrected chi connectivity index (χ0v) is 17.6. The first-order chi connectivity index (χ1) is 12.0. The van der Waals surface area contributed by atoms with E-state index in [1.54, 1.807) is 12.4 Å². The highest BCUT2D eigenvalue weighted by Crippen LogP contribution is 2.23. The molecule has 1 aromatic heterocycles. The van der Waals surface area contributed by atoms with Gasteiger partial charge in [0.05, 0.1) is 5.56 Å². The van der Waals surface area contributed by atoms with E-state index in [2.05, 4.69) is 51.7 Å². The summed E-state index contributed by atoms with van der Waals surface area (Å²) in [7, 11) is 4.03. The number of rotatable bonds is 4. The van der Waals surface area contributed by atoms with E-state index in [-0.39, 0.29) is 36.8 Å². The van der Waals surface area contributed by atoms with E-state index < -0.39 is 0 Å². The maximum Gasteiger partial charge on any atom is 0.253 e. The van der Waals surface area contributed by atoms with Crippen molar-refractivity contribution in [2.45, 2.75) is 19.4 Å². The number of benzene rings is 1. The summed E-state index contributed by atoms with van der Waals surface area (Å²) in [6.45, 7) is 4.06. The molecule has 1 aromatic carbocycles. The number of pyridine rings is 1. The van der Waals surface area contributed by atoms with Crippen molar-refractivity contribution in [3.8, 4) is 11.1 Å². The highest BCUT2D eigenvalue weighted by molar-refractivity contribution is 5.95. The largest absolute Gasteiger partial charge is 0.378 e. The third-order valence-electron chi connectivity index (χ3n) is 4.82. The molecule has 3 rings (SSSR count). The van der Waals surface area contributed by atoms with Crippen LogP contribution < -0.4 is 15.5 Å². The smallest absolute Gasteiger partial charge is 0.253 e. The maximum absolute atomic E-state index is 12.6. The maximum atomic E-state index is 12.6. The molecule has 1 saturated heterocycles. The number of aromatic nitrogens is 1. The molecule has 1 fully saturated rings. The molecule has 2 heterocycles. The molecule has 2 atom stereocenters. The second-order valence-corrected chi connectivity index (χ2v) is 6.95. The Kier molecular flexibility index (Phi) is 9.03. The number of amides is 1. The van der Waals surface area contributed by atoms with Crippen LogP contribution in [0.3, 0.4) is 0 Å². The standard InChI is InChI=1S/C20H26N4O.2ClH/c1-14-11-21-9-8-19(14)23-20(25)17-10-16(12-22-13-17)15-4-6-18(7-5-15)24(2)3;;/h4-7,10,12-14,19,21H,8-9,11H2,1-3H3,(H,23,25);2*1H. The van der Waals surface area contributed by atoms with E-state index in [4.69, 9.17) is 0 Å². The summed E-state index contributed by atoms with van der Waals surface area (Å²) in [5.41, 5.74) is 3.77.